The highest BCUT2D eigenvalue weighted by Crippen LogP contribution is 2.32. The van der Waals surface area contributed by atoms with Crippen molar-refractivity contribution in [3.05, 3.63) is 69.3 Å². The zero-order chi connectivity index (χ0) is 15.9. The van der Waals surface area contributed by atoms with Gasteiger partial charge in [0.25, 0.3) is 11.6 Å². The number of carbonyl (C=O) groups is 1. The Bertz CT molecular complexity index is 792. The molecule has 0 saturated carbocycles. The van der Waals surface area contributed by atoms with Crippen LogP contribution in [0.4, 0.5) is 20.2 Å². The molecule has 0 bridgehead atoms. The lowest BCUT2D eigenvalue weighted by molar-refractivity contribution is -0.385. The highest BCUT2D eigenvalue weighted by Gasteiger charge is 2.30. The highest BCUT2D eigenvalue weighted by molar-refractivity contribution is 6.07. The van der Waals surface area contributed by atoms with Crippen LogP contribution in [-0.4, -0.2) is 17.4 Å². The molecule has 0 spiro atoms. The summed E-state index contributed by atoms with van der Waals surface area (Å²) in [6.45, 7) is 0.242. The van der Waals surface area contributed by atoms with Crippen LogP contribution in [0.2, 0.25) is 0 Å². The molecule has 2 aromatic carbocycles. The van der Waals surface area contributed by atoms with Gasteiger partial charge in [0.05, 0.1) is 22.2 Å². The van der Waals surface area contributed by atoms with Crippen molar-refractivity contribution in [1.29, 1.82) is 0 Å². The number of benzene rings is 2. The summed E-state index contributed by atoms with van der Waals surface area (Å²) in [6, 6.07) is 7.28. The number of rotatable bonds is 2. The van der Waals surface area contributed by atoms with Gasteiger partial charge in [0.2, 0.25) is 0 Å². The third-order valence-corrected chi connectivity index (χ3v) is 3.58. The lowest BCUT2D eigenvalue weighted by atomic mass is 10.1. The van der Waals surface area contributed by atoms with Crippen molar-refractivity contribution < 1.29 is 18.5 Å². The number of nitro groups is 1. The maximum Gasteiger partial charge on any atom is 0.272 e. The number of nitrogens with zero attached hydrogens (tertiary/aromatic N) is 2. The molecule has 7 heteroatoms. The van der Waals surface area contributed by atoms with Gasteiger partial charge in [0.15, 0.2) is 0 Å². The van der Waals surface area contributed by atoms with E-state index in [0.717, 1.165) is 17.0 Å². The molecule has 5 nitrogen and oxygen atoms in total. The number of hydrogen-bond acceptors (Lipinski definition) is 3. The van der Waals surface area contributed by atoms with Crippen molar-refractivity contribution in [2.75, 3.05) is 11.4 Å². The van der Waals surface area contributed by atoms with Gasteiger partial charge in [-0.2, -0.15) is 0 Å². The fourth-order valence-corrected chi connectivity index (χ4v) is 2.55. The van der Waals surface area contributed by atoms with E-state index in [4.69, 9.17) is 0 Å². The van der Waals surface area contributed by atoms with Gasteiger partial charge in [-0.25, -0.2) is 8.78 Å². The molecule has 1 aliphatic heterocycles. The Morgan fingerprint density at radius 1 is 1.18 bits per heavy atom. The zero-order valence-electron chi connectivity index (χ0n) is 11.3. The van der Waals surface area contributed by atoms with Crippen molar-refractivity contribution in [3.8, 4) is 0 Å². The summed E-state index contributed by atoms with van der Waals surface area (Å²) in [6.07, 6.45) is 0.480. The maximum atomic E-state index is 13.9. The molecule has 0 aromatic heterocycles. The maximum absolute atomic E-state index is 13.9. The Morgan fingerprint density at radius 3 is 2.64 bits per heavy atom. The Kier molecular flexibility index (Phi) is 3.32. The predicted octanol–water partition coefficient (Wildman–Crippen LogP) is 3.08. The van der Waals surface area contributed by atoms with E-state index >= 15 is 0 Å². The summed E-state index contributed by atoms with van der Waals surface area (Å²) in [5.74, 6) is -2.26. The molecule has 1 heterocycles. The minimum absolute atomic E-state index is 0.144. The van der Waals surface area contributed by atoms with Gasteiger partial charge in [0.1, 0.15) is 11.6 Å². The number of amides is 1. The summed E-state index contributed by atoms with van der Waals surface area (Å²) in [7, 11) is 0. The first-order chi connectivity index (χ1) is 10.5. The van der Waals surface area contributed by atoms with Crippen LogP contribution in [0.1, 0.15) is 15.9 Å². The molecule has 112 valence electrons. The largest absolute Gasteiger partial charge is 0.305 e. The molecular formula is C15H10F2N2O3. The number of para-hydroxylation sites is 1. The fraction of sp³-hybridized carbons (Fsp3) is 0.133. The average Bonchev–Trinajstić information content (AvgIpc) is 2.91. The molecule has 1 aliphatic rings. The molecule has 2 aromatic rings. The van der Waals surface area contributed by atoms with Crippen LogP contribution >= 0.6 is 0 Å². The first kappa shape index (κ1) is 14.1. The first-order valence-electron chi connectivity index (χ1n) is 6.52. The summed E-state index contributed by atoms with van der Waals surface area (Å²) in [4.78, 5) is 23.4. The predicted molar refractivity (Wildman–Crippen MR) is 74.8 cm³/mol. The normalized spacial score (nSPS) is 13.1. The van der Waals surface area contributed by atoms with E-state index in [2.05, 4.69) is 0 Å². The van der Waals surface area contributed by atoms with E-state index in [-0.39, 0.29) is 17.8 Å². The second-order valence-corrected chi connectivity index (χ2v) is 4.88. The minimum Gasteiger partial charge on any atom is -0.305 e. The van der Waals surface area contributed by atoms with Gasteiger partial charge in [-0.1, -0.05) is 12.1 Å². The van der Waals surface area contributed by atoms with E-state index < -0.39 is 28.2 Å². The van der Waals surface area contributed by atoms with Crippen molar-refractivity contribution >= 4 is 17.3 Å². The molecule has 0 fully saturated rings. The molecular weight excluding hydrogens is 294 g/mol. The van der Waals surface area contributed by atoms with Crippen LogP contribution in [0.15, 0.2) is 36.4 Å². The standard InChI is InChI=1S/C15H10F2N2O3/c16-12-3-1-2-9-6-7-18(14(9)12)15(20)11-5-4-10(19(21)22)8-13(11)17/h1-5,8H,6-7H2. The van der Waals surface area contributed by atoms with Crippen molar-refractivity contribution in [1.82, 2.24) is 0 Å². The minimum atomic E-state index is -0.996. The van der Waals surface area contributed by atoms with Gasteiger partial charge >= 0.3 is 0 Å². The summed E-state index contributed by atoms with van der Waals surface area (Å²) in [5, 5.41) is 10.6. The van der Waals surface area contributed by atoms with Gasteiger partial charge in [0, 0.05) is 12.6 Å². The molecule has 0 atom stereocenters. The molecule has 3 rings (SSSR count). The number of anilines is 1. The van der Waals surface area contributed by atoms with Crippen LogP contribution in [-0.2, 0) is 6.42 Å². The third kappa shape index (κ3) is 2.20. The topological polar surface area (TPSA) is 63.4 Å². The highest BCUT2D eigenvalue weighted by atomic mass is 19.1. The quantitative estimate of drug-likeness (QED) is 0.632. The summed E-state index contributed by atoms with van der Waals surface area (Å²) < 4.78 is 27.9. The molecule has 0 unspecified atom stereocenters. The Balaban J connectivity index is 1.99. The molecule has 0 N–H and O–H groups in total. The summed E-state index contributed by atoms with van der Waals surface area (Å²) in [5.41, 5.74) is 0.0599. The van der Waals surface area contributed by atoms with Crippen LogP contribution in [0, 0.1) is 21.7 Å². The second kappa shape index (κ2) is 5.18. The van der Waals surface area contributed by atoms with E-state index in [1.807, 2.05) is 0 Å². The third-order valence-electron chi connectivity index (χ3n) is 3.58. The van der Waals surface area contributed by atoms with Gasteiger partial charge < -0.3 is 4.90 Å². The molecule has 0 aliphatic carbocycles. The Labute approximate surface area is 123 Å². The average molecular weight is 304 g/mol. The fourth-order valence-electron chi connectivity index (χ4n) is 2.55. The molecule has 0 radical (unpaired) electrons. The number of non-ortho nitro benzene ring substituents is 1. The van der Waals surface area contributed by atoms with E-state index in [9.17, 15) is 23.7 Å². The smallest absolute Gasteiger partial charge is 0.272 e. The number of nitro benzene ring substituents is 1. The van der Waals surface area contributed by atoms with E-state index in [1.165, 1.54) is 6.07 Å². The molecule has 22 heavy (non-hydrogen) atoms. The second-order valence-electron chi connectivity index (χ2n) is 4.88. The lowest BCUT2D eigenvalue weighted by Gasteiger charge is -2.18. The molecule has 0 saturated heterocycles. The lowest BCUT2D eigenvalue weighted by Crippen LogP contribution is -2.30. The first-order valence-corrected chi connectivity index (χ1v) is 6.52. The van der Waals surface area contributed by atoms with Crippen LogP contribution < -0.4 is 4.90 Å². The SMILES string of the molecule is O=C(c1ccc([N+](=O)[O-])cc1F)N1CCc2cccc(F)c21. The number of fused-ring (bicyclic) bond motifs is 1. The van der Waals surface area contributed by atoms with E-state index in [0.29, 0.717) is 18.1 Å². The van der Waals surface area contributed by atoms with Crippen LogP contribution in [0.3, 0.4) is 0 Å². The number of carbonyl (C=O) groups excluding carboxylic acids is 1. The monoisotopic (exact) mass is 304 g/mol. The van der Waals surface area contributed by atoms with Gasteiger partial charge in [-0.3, -0.25) is 14.9 Å². The Morgan fingerprint density at radius 2 is 1.95 bits per heavy atom. The van der Waals surface area contributed by atoms with Crippen LogP contribution in [0.25, 0.3) is 0 Å². The van der Waals surface area contributed by atoms with Crippen molar-refractivity contribution in [2.45, 2.75) is 6.42 Å². The van der Waals surface area contributed by atoms with Crippen molar-refractivity contribution in [3.63, 3.8) is 0 Å². The summed E-state index contributed by atoms with van der Waals surface area (Å²) >= 11 is 0. The van der Waals surface area contributed by atoms with Gasteiger partial charge in [-0.05, 0) is 24.1 Å². The molecule has 1 amide bonds. The number of halogens is 2. The van der Waals surface area contributed by atoms with Crippen LogP contribution in [0.5, 0.6) is 0 Å². The zero-order valence-corrected chi connectivity index (χ0v) is 11.3. The number of hydrogen-bond donors (Lipinski definition) is 0. The van der Waals surface area contributed by atoms with Gasteiger partial charge in [-0.15, -0.1) is 0 Å². The van der Waals surface area contributed by atoms with E-state index in [1.54, 1.807) is 12.1 Å². The van der Waals surface area contributed by atoms with Crippen molar-refractivity contribution in [2.24, 2.45) is 0 Å². The Hall–Kier alpha value is -2.83.